The maximum absolute atomic E-state index is 12.5. The first-order valence-corrected chi connectivity index (χ1v) is 8.36. The molecule has 2 rings (SSSR count). The van der Waals surface area contributed by atoms with E-state index < -0.39 is 10.8 Å². The van der Waals surface area contributed by atoms with Gasteiger partial charge in [-0.3, -0.25) is 14.9 Å². The maximum Gasteiger partial charge on any atom is 0.293 e. The van der Waals surface area contributed by atoms with Gasteiger partial charge in [-0.1, -0.05) is 31.2 Å². The summed E-state index contributed by atoms with van der Waals surface area (Å²) in [5, 5.41) is 23.0. The molecule has 7 nitrogen and oxygen atoms in total. The lowest BCUT2D eigenvalue weighted by molar-refractivity contribution is -0.384. The van der Waals surface area contributed by atoms with Gasteiger partial charge in [0.2, 0.25) is 0 Å². The number of benzene rings is 2. The Labute approximate surface area is 157 Å². The number of carbonyl (C=O) groups is 1. The number of rotatable bonds is 7. The van der Waals surface area contributed by atoms with E-state index in [1.54, 1.807) is 37.3 Å². The molecule has 0 fully saturated rings. The summed E-state index contributed by atoms with van der Waals surface area (Å²) in [5.41, 5.74) is 0.894. The van der Waals surface area contributed by atoms with Gasteiger partial charge in [0.25, 0.3) is 11.6 Å². The van der Waals surface area contributed by atoms with Crippen LogP contribution in [0.5, 0.6) is 5.75 Å². The number of carbonyl (C=O) groups excluding carboxylic acids is 1. The number of hydrogen-bond acceptors (Lipinski definition) is 5. The quantitative estimate of drug-likeness (QED) is 0.342. The van der Waals surface area contributed by atoms with Gasteiger partial charge in [0.15, 0.2) is 0 Å². The van der Waals surface area contributed by atoms with Gasteiger partial charge in [-0.2, -0.15) is 5.26 Å². The van der Waals surface area contributed by atoms with Gasteiger partial charge in [0.1, 0.15) is 23.1 Å². The molecule has 0 radical (unpaired) electrons. The molecule has 7 heteroatoms. The van der Waals surface area contributed by atoms with Crippen LogP contribution >= 0.6 is 0 Å². The Hall–Kier alpha value is -3.66. The lowest BCUT2D eigenvalue weighted by Crippen LogP contribution is -2.14. The van der Waals surface area contributed by atoms with Gasteiger partial charge in [0.05, 0.1) is 11.5 Å². The summed E-state index contributed by atoms with van der Waals surface area (Å²) in [6.45, 7) is 4.20. The molecule has 0 bridgehead atoms. The first kappa shape index (κ1) is 19.7. The van der Waals surface area contributed by atoms with Crippen LogP contribution in [0.15, 0.2) is 48.0 Å². The largest absolute Gasteiger partial charge is 0.493 e. The maximum atomic E-state index is 12.5. The second kappa shape index (κ2) is 9.15. The number of ether oxygens (including phenoxy) is 1. The molecule has 0 spiro atoms. The molecule has 0 aromatic heterocycles. The van der Waals surface area contributed by atoms with Crippen LogP contribution in [-0.4, -0.2) is 17.4 Å². The normalized spacial score (nSPS) is 10.8. The summed E-state index contributed by atoms with van der Waals surface area (Å²) in [5.74, 6) is -0.170. The van der Waals surface area contributed by atoms with Crippen molar-refractivity contribution in [1.82, 2.24) is 0 Å². The summed E-state index contributed by atoms with van der Waals surface area (Å²) in [6.07, 6.45) is 2.22. The summed E-state index contributed by atoms with van der Waals surface area (Å²) < 4.78 is 5.62. The number of nitriles is 1. The minimum Gasteiger partial charge on any atom is -0.493 e. The van der Waals surface area contributed by atoms with Crippen molar-refractivity contribution < 1.29 is 14.5 Å². The molecule has 0 aliphatic carbocycles. The monoisotopic (exact) mass is 365 g/mol. The highest BCUT2D eigenvalue weighted by Crippen LogP contribution is 2.26. The SMILES string of the molecule is CCCOc1ccccc1/C=C(\C#N)C(=O)Nc1ccc(C)cc1[N+](=O)[O-]. The molecule has 27 heavy (non-hydrogen) atoms. The third-order valence-electron chi connectivity index (χ3n) is 3.64. The van der Waals surface area contributed by atoms with Gasteiger partial charge in [-0.15, -0.1) is 0 Å². The molecular weight excluding hydrogens is 346 g/mol. The number of aryl methyl sites for hydroxylation is 1. The number of nitrogens with zero attached hydrogens (tertiary/aromatic N) is 2. The lowest BCUT2D eigenvalue weighted by Gasteiger charge is -2.09. The second-order valence-electron chi connectivity index (χ2n) is 5.79. The number of nitro groups is 1. The smallest absolute Gasteiger partial charge is 0.293 e. The third-order valence-corrected chi connectivity index (χ3v) is 3.64. The van der Waals surface area contributed by atoms with Crippen molar-refractivity contribution in [2.45, 2.75) is 20.3 Å². The highest BCUT2D eigenvalue weighted by atomic mass is 16.6. The van der Waals surface area contributed by atoms with Crippen molar-refractivity contribution in [3.8, 4) is 11.8 Å². The van der Waals surface area contributed by atoms with Crippen LogP contribution in [-0.2, 0) is 4.79 Å². The van der Waals surface area contributed by atoms with Crippen molar-refractivity contribution in [3.63, 3.8) is 0 Å². The summed E-state index contributed by atoms with van der Waals surface area (Å²) in [4.78, 5) is 23.1. The molecule has 138 valence electrons. The zero-order valence-corrected chi connectivity index (χ0v) is 15.1. The minimum absolute atomic E-state index is 0.0345. The van der Waals surface area contributed by atoms with Crippen LogP contribution in [0.2, 0.25) is 0 Å². The predicted molar refractivity (Wildman–Crippen MR) is 102 cm³/mol. The molecule has 0 saturated carbocycles. The van der Waals surface area contributed by atoms with Crippen LogP contribution in [0.1, 0.15) is 24.5 Å². The number of nitro benzene ring substituents is 1. The van der Waals surface area contributed by atoms with E-state index >= 15 is 0 Å². The highest BCUT2D eigenvalue weighted by Gasteiger charge is 2.18. The van der Waals surface area contributed by atoms with E-state index in [2.05, 4.69) is 5.32 Å². The Morgan fingerprint density at radius 2 is 2.07 bits per heavy atom. The van der Waals surface area contributed by atoms with Crippen LogP contribution in [0, 0.1) is 28.4 Å². The van der Waals surface area contributed by atoms with Gasteiger partial charge < -0.3 is 10.1 Å². The molecule has 2 aromatic carbocycles. The number of hydrogen-bond donors (Lipinski definition) is 1. The summed E-state index contributed by atoms with van der Waals surface area (Å²) in [7, 11) is 0. The van der Waals surface area contributed by atoms with Gasteiger partial charge in [0, 0.05) is 11.6 Å². The average Bonchev–Trinajstić information content (AvgIpc) is 2.66. The Morgan fingerprint density at radius 1 is 1.33 bits per heavy atom. The van der Waals surface area contributed by atoms with E-state index in [-0.39, 0.29) is 16.9 Å². The number of nitrogens with one attached hydrogen (secondary N) is 1. The van der Waals surface area contributed by atoms with Crippen LogP contribution in [0.4, 0.5) is 11.4 Å². The number of anilines is 1. The van der Waals surface area contributed by atoms with Crippen molar-refractivity contribution in [3.05, 3.63) is 69.3 Å². The Morgan fingerprint density at radius 3 is 2.74 bits per heavy atom. The first-order chi connectivity index (χ1) is 13.0. The van der Waals surface area contributed by atoms with Gasteiger partial charge in [-0.05, 0) is 37.1 Å². The fraction of sp³-hybridized carbons (Fsp3) is 0.200. The van der Waals surface area contributed by atoms with E-state index in [0.717, 1.165) is 6.42 Å². The molecule has 0 aliphatic rings. The topological polar surface area (TPSA) is 105 Å². The van der Waals surface area contributed by atoms with Crippen LogP contribution in [0.25, 0.3) is 6.08 Å². The van der Waals surface area contributed by atoms with E-state index in [1.165, 1.54) is 18.2 Å². The highest BCUT2D eigenvalue weighted by molar-refractivity contribution is 6.10. The predicted octanol–water partition coefficient (Wildman–Crippen LogP) is 4.24. The van der Waals surface area contributed by atoms with Gasteiger partial charge >= 0.3 is 0 Å². The second-order valence-corrected chi connectivity index (χ2v) is 5.79. The van der Waals surface area contributed by atoms with Crippen molar-refractivity contribution in [2.24, 2.45) is 0 Å². The molecule has 2 aromatic rings. The van der Waals surface area contributed by atoms with E-state index in [9.17, 15) is 20.2 Å². The van der Waals surface area contributed by atoms with Gasteiger partial charge in [-0.25, -0.2) is 0 Å². The van der Waals surface area contributed by atoms with Crippen molar-refractivity contribution in [2.75, 3.05) is 11.9 Å². The third kappa shape index (κ3) is 5.16. The number of para-hydroxylation sites is 1. The molecule has 0 saturated heterocycles. The molecule has 0 aliphatic heterocycles. The van der Waals surface area contributed by atoms with Crippen molar-refractivity contribution in [1.29, 1.82) is 5.26 Å². The average molecular weight is 365 g/mol. The number of amides is 1. The summed E-state index contributed by atoms with van der Waals surface area (Å²) >= 11 is 0. The van der Waals surface area contributed by atoms with E-state index in [4.69, 9.17) is 4.74 Å². The standard InChI is InChI=1S/C20H19N3O4/c1-3-10-27-19-7-5-4-6-15(19)12-16(13-21)20(24)22-17-9-8-14(2)11-18(17)23(25)26/h4-9,11-12H,3,10H2,1-2H3,(H,22,24)/b16-12+. The zero-order chi connectivity index (χ0) is 19.8. The Bertz CT molecular complexity index is 929. The molecule has 1 N–H and O–H groups in total. The Kier molecular flexibility index (Phi) is 6.67. The fourth-order valence-corrected chi connectivity index (χ4v) is 2.34. The van der Waals surface area contributed by atoms with E-state index in [0.29, 0.717) is 23.5 Å². The molecule has 0 heterocycles. The molecule has 1 amide bonds. The fourth-order valence-electron chi connectivity index (χ4n) is 2.34. The molecular formula is C20H19N3O4. The van der Waals surface area contributed by atoms with E-state index in [1.807, 2.05) is 13.0 Å². The van der Waals surface area contributed by atoms with Crippen molar-refractivity contribution >= 4 is 23.4 Å². The molecule has 0 unspecified atom stereocenters. The summed E-state index contributed by atoms with van der Waals surface area (Å²) in [6, 6.07) is 13.3. The first-order valence-electron chi connectivity index (χ1n) is 8.36. The Balaban J connectivity index is 2.31. The zero-order valence-electron chi connectivity index (χ0n) is 15.1. The minimum atomic E-state index is -0.727. The van der Waals surface area contributed by atoms with Crippen LogP contribution in [0.3, 0.4) is 0 Å². The van der Waals surface area contributed by atoms with Crippen LogP contribution < -0.4 is 10.1 Å². The lowest BCUT2D eigenvalue weighted by atomic mass is 10.1. The molecule has 0 atom stereocenters.